The lowest BCUT2D eigenvalue weighted by Gasteiger charge is -1.89. The largest absolute Gasteiger partial charge is 0.508 e. The Morgan fingerprint density at radius 1 is 1.00 bits per heavy atom. The Morgan fingerprint density at radius 3 is 2.39 bits per heavy atom. The summed E-state index contributed by atoms with van der Waals surface area (Å²) in [5.41, 5.74) is 1.17. The molecule has 0 atom stereocenters. The van der Waals surface area contributed by atoms with E-state index in [4.69, 9.17) is 16.7 Å². The van der Waals surface area contributed by atoms with Crippen LogP contribution < -0.4 is 0 Å². The van der Waals surface area contributed by atoms with Crippen molar-refractivity contribution in [1.82, 2.24) is 0 Å². The summed E-state index contributed by atoms with van der Waals surface area (Å²) in [4.78, 5) is 0. The van der Waals surface area contributed by atoms with Crippen LogP contribution in [0.15, 0.2) is 53.9 Å². The van der Waals surface area contributed by atoms with Crippen molar-refractivity contribution >= 4 is 33.0 Å². The maximum Gasteiger partial charge on any atom is 0.115 e. The van der Waals surface area contributed by atoms with Gasteiger partial charge in [-0.05, 0) is 54.1 Å². The molecule has 0 saturated carbocycles. The SMILES string of the molecule is Cc1ccc(O)cc1.Clc1ccc2sccc2c1. The molecule has 1 aromatic heterocycles. The van der Waals surface area contributed by atoms with Crippen molar-refractivity contribution in [1.29, 1.82) is 0 Å². The van der Waals surface area contributed by atoms with Crippen molar-refractivity contribution in [2.24, 2.45) is 0 Å². The zero-order valence-corrected chi connectivity index (χ0v) is 11.5. The number of rotatable bonds is 0. The van der Waals surface area contributed by atoms with Gasteiger partial charge in [-0.3, -0.25) is 0 Å². The number of aromatic hydroxyl groups is 1. The number of phenols is 1. The minimum atomic E-state index is 0.329. The highest BCUT2D eigenvalue weighted by molar-refractivity contribution is 7.17. The van der Waals surface area contributed by atoms with Crippen LogP contribution in [0.3, 0.4) is 0 Å². The van der Waals surface area contributed by atoms with E-state index in [0.717, 1.165) is 5.02 Å². The fraction of sp³-hybridized carbons (Fsp3) is 0.0667. The zero-order valence-electron chi connectivity index (χ0n) is 9.93. The smallest absolute Gasteiger partial charge is 0.115 e. The van der Waals surface area contributed by atoms with Gasteiger partial charge >= 0.3 is 0 Å². The van der Waals surface area contributed by atoms with Crippen molar-refractivity contribution in [2.45, 2.75) is 6.92 Å². The van der Waals surface area contributed by atoms with Crippen LogP contribution in [-0.2, 0) is 0 Å². The minimum Gasteiger partial charge on any atom is -0.508 e. The van der Waals surface area contributed by atoms with Gasteiger partial charge in [0, 0.05) is 9.72 Å². The second kappa shape index (κ2) is 5.89. The third-order valence-corrected chi connectivity index (χ3v) is 3.58. The van der Waals surface area contributed by atoms with Gasteiger partial charge in [0.1, 0.15) is 5.75 Å². The molecule has 0 aliphatic carbocycles. The molecule has 0 radical (unpaired) electrons. The zero-order chi connectivity index (χ0) is 13.0. The number of fused-ring (bicyclic) bond motifs is 1. The highest BCUT2D eigenvalue weighted by Crippen LogP contribution is 2.23. The fourth-order valence-electron chi connectivity index (χ4n) is 1.48. The van der Waals surface area contributed by atoms with Crippen LogP contribution in [0.1, 0.15) is 5.56 Å². The van der Waals surface area contributed by atoms with E-state index in [-0.39, 0.29) is 0 Å². The number of hydrogen-bond donors (Lipinski definition) is 1. The lowest BCUT2D eigenvalue weighted by atomic mass is 10.2. The Bertz CT molecular complexity index is 607. The van der Waals surface area contributed by atoms with Gasteiger partial charge in [-0.1, -0.05) is 29.3 Å². The predicted octanol–water partition coefficient (Wildman–Crippen LogP) is 5.26. The van der Waals surface area contributed by atoms with E-state index in [2.05, 4.69) is 11.4 Å². The molecule has 1 N–H and O–H groups in total. The molecule has 18 heavy (non-hydrogen) atoms. The van der Waals surface area contributed by atoms with E-state index >= 15 is 0 Å². The first-order valence-corrected chi connectivity index (χ1v) is 6.79. The van der Waals surface area contributed by atoms with Crippen LogP contribution in [0, 0.1) is 6.92 Å². The summed E-state index contributed by atoms with van der Waals surface area (Å²) in [5.74, 6) is 0.329. The van der Waals surface area contributed by atoms with Crippen molar-refractivity contribution in [3.05, 3.63) is 64.5 Å². The van der Waals surface area contributed by atoms with Crippen molar-refractivity contribution in [3.63, 3.8) is 0 Å². The summed E-state index contributed by atoms with van der Waals surface area (Å²) in [7, 11) is 0. The summed E-state index contributed by atoms with van der Waals surface area (Å²) in [6.07, 6.45) is 0. The van der Waals surface area contributed by atoms with Crippen molar-refractivity contribution in [3.8, 4) is 5.75 Å². The second-order valence-corrected chi connectivity index (χ2v) is 5.32. The molecule has 3 rings (SSSR count). The predicted molar refractivity (Wildman–Crippen MR) is 79.7 cm³/mol. The van der Waals surface area contributed by atoms with Crippen LogP contribution >= 0.6 is 22.9 Å². The van der Waals surface area contributed by atoms with E-state index in [1.54, 1.807) is 23.5 Å². The van der Waals surface area contributed by atoms with Gasteiger partial charge in [0.2, 0.25) is 0 Å². The molecule has 2 aromatic carbocycles. The summed E-state index contributed by atoms with van der Waals surface area (Å²) < 4.78 is 1.30. The molecule has 1 nitrogen and oxygen atoms in total. The first-order valence-electron chi connectivity index (χ1n) is 5.53. The molecule has 0 amide bonds. The summed E-state index contributed by atoms with van der Waals surface area (Å²) >= 11 is 7.52. The molecule has 0 spiro atoms. The molecular weight excluding hydrogens is 264 g/mol. The number of halogens is 1. The van der Waals surface area contributed by atoms with Crippen LogP contribution in [0.4, 0.5) is 0 Å². The standard InChI is InChI=1S/C8H5ClS.C7H8O/c9-7-1-2-8-6(5-7)3-4-10-8;1-6-2-4-7(8)5-3-6/h1-5H;2-5,8H,1H3. The van der Waals surface area contributed by atoms with E-state index in [0.29, 0.717) is 5.75 Å². The molecule has 0 aliphatic rings. The van der Waals surface area contributed by atoms with Gasteiger partial charge in [0.05, 0.1) is 0 Å². The maximum absolute atomic E-state index is 8.76. The van der Waals surface area contributed by atoms with Crippen LogP contribution in [-0.4, -0.2) is 5.11 Å². The summed E-state index contributed by atoms with van der Waals surface area (Å²) in [6.45, 7) is 1.99. The van der Waals surface area contributed by atoms with Crippen molar-refractivity contribution < 1.29 is 5.11 Å². The quantitative estimate of drug-likeness (QED) is 0.594. The van der Waals surface area contributed by atoms with Gasteiger partial charge in [0.25, 0.3) is 0 Å². The second-order valence-electron chi connectivity index (χ2n) is 3.94. The topological polar surface area (TPSA) is 20.2 Å². The number of aryl methyl sites for hydroxylation is 1. The Labute approximate surface area is 115 Å². The van der Waals surface area contributed by atoms with E-state index < -0.39 is 0 Å². The van der Waals surface area contributed by atoms with Gasteiger partial charge in [-0.2, -0.15) is 0 Å². The van der Waals surface area contributed by atoms with Crippen LogP contribution in [0.5, 0.6) is 5.75 Å². The Kier molecular flexibility index (Phi) is 4.24. The van der Waals surface area contributed by atoms with Gasteiger partial charge in [-0.15, -0.1) is 11.3 Å². The molecule has 3 heteroatoms. The molecule has 0 aliphatic heterocycles. The van der Waals surface area contributed by atoms with Gasteiger partial charge < -0.3 is 5.11 Å². The molecule has 92 valence electrons. The number of phenolic OH excluding ortho intramolecular Hbond substituents is 1. The molecule has 3 aromatic rings. The number of thiophene rings is 1. The Balaban J connectivity index is 0.000000138. The molecular formula is C15H13ClOS. The summed E-state index contributed by atoms with van der Waals surface area (Å²) in [6, 6.07) is 15.1. The normalized spacial score (nSPS) is 9.89. The Morgan fingerprint density at radius 2 is 1.72 bits per heavy atom. The first-order chi connectivity index (χ1) is 8.65. The van der Waals surface area contributed by atoms with Crippen LogP contribution in [0.25, 0.3) is 10.1 Å². The van der Waals surface area contributed by atoms with Gasteiger partial charge in [0.15, 0.2) is 0 Å². The lowest BCUT2D eigenvalue weighted by molar-refractivity contribution is 0.475. The Hall–Kier alpha value is -1.51. The number of benzene rings is 2. The van der Waals surface area contributed by atoms with E-state index in [1.165, 1.54) is 15.6 Å². The number of hydrogen-bond acceptors (Lipinski definition) is 2. The molecule has 0 saturated heterocycles. The van der Waals surface area contributed by atoms with Crippen LogP contribution in [0.2, 0.25) is 5.02 Å². The molecule has 0 unspecified atom stereocenters. The highest BCUT2D eigenvalue weighted by atomic mass is 35.5. The van der Waals surface area contributed by atoms with Crippen molar-refractivity contribution in [2.75, 3.05) is 0 Å². The van der Waals surface area contributed by atoms with E-state index in [1.807, 2.05) is 37.3 Å². The lowest BCUT2D eigenvalue weighted by Crippen LogP contribution is -1.66. The molecule has 1 heterocycles. The minimum absolute atomic E-state index is 0.329. The third-order valence-electron chi connectivity index (χ3n) is 2.45. The molecule has 0 bridgehead atoms. The van der Waals surface area contributed by atoms with Gasteiger partial charge in [-0.25, -0.2) is 0 Å². The fourth-order valence-corrected chi connectivity index (χ4v) is 2.43. The highest BCUT2D eigenvalue weighted by Gasteiger charge is 1.93. The first kappa shape index (κ1) is 12.9. The van der Waals surface area contributed by atoms with E-state index in [9.17, 15) is 0 Å². The average molecular weight is 277 g/mol. The summed E-state index contributed by atoms with van der Waals surface area (Å²) in [5, 5.41) is 12.9. The monoisotopic (exact) mass is 276 g/mol. The average Bonchev–Trinajstić information content (AvgIpc) is 2.81. The maximum atomic E-state index is 8.76. The third kappa shape index (κ3) is 3.49. The molecule has 0 fully saturated rings.